The molecule has 0 saturated carbocycles. The zero-order valence-electron chi connectivity index (χ0n) is 10.9. The molecule has 0 spiro atoms. The van der Waals surface area contributed by atoms with E-state index in [1.807, 2.05) is 32.0 Å². The quantitative estimate of drug-likeness (QED) is 0.874. The molecular weight excluding hydrogens is 278 g/mol. The maximum absolute atomic E-state index is 12.5. The van der Waals surface area contributed by atoms with Gasteiger partial charge in [-0.2, -0.15) is 0 Å². The monoisotopic (exact) mass is 293 g/mol. The summed E-state index contributed by atoms with van der Waals surface area (Å²) in [5.74, 6) is 0.343. The van der Waals surface area contributed by atoms with Gasteiger partial charge in [0.2, 0.25) is 0 Å². The topological polar surface area (TPSA) is 43.1 Å². The minimum atomic E-state index is -1.14. The van der Waals surface area contributed by atoms with Gasteiger partial charge in [0, 0.05) is 21.2 Å². The number of anilines is 1. The first kappa shape index (κ1) is 14.1. The van der Waals surface area contributed by atoms with Gasteiger partial charge in [-0.25, -0.2) is 0 Å². The van der Waals surface area contributed by atoms with Gasteiger partial charge < -0.3 is 5.73 Å². The maximum atomic E-state index is 12.5. The molecule has 0 aromatic heterocycles. The van der Waals surface area contributed by atoms with Crippen molar-refractivity contribution in [2.24, 2.45) is 0 Å². The summed E-state index contributed by atoms with van der Waals surface area (Å²) in [6, 6.07) is 11.3. The van der Waals surface area contributed by atoms with E-state index in [2.05, 4.69) is 0 Å². The molecule has 1 atom stereocenters. The van der Waals surface area contributed by atoms with Crippen LogP contribution in [0.1, 0.15) is 16.7 Å². The molecule has 100 valence electrons. The van der Waals surface area contributed by atoms with Crippen molar-refractivity contribution >= 4 is 28.1 Å². The number of halogens is 1. The summed E-state index contributed by atoms with van der Waals surface area (Å²) in [5.41, 5.74) is 9.36. The minimum Gasteiger partial charge on any atom is -0.398 e. The van der Waals surface area contributed by atoms with E-state index >= 15 is 0 Å². The fourth-order valence-electron chi connectivity index (χ4n) is 1.89. The first-order valence-corrected chi connectivity index (χ1v) is 7.67. The Labute approximate surface area is 121 Å². The Morgan fingerprint density at radius 1 is 1.21 bits per heavy atom. The van der Waals surface area contributed by atoms with Crippen LogP contribution in [0.25, 0.3) is 0 Å². The molecule has 0 aliphatic heterocycles. The molecule has 19 heavy (non-hydrogen) atoms. The van der Waals surface area contributed by atoms with Gasteiger partial charge in [0.1, 0.15) is 0 Å². The molecule has 1 unspecified atom stereocenters. The van der Waals surface area contributed by atoms with Gasteiger partial charge in [-0.05, 0) is 43.2 Å². The number of aryl methyl sites for hydroxylation is 2. The highest BCUT2D eigenvalue weighted by Gasteiger charge is 2.12. The summed E-state index contributed by atoms with van der Waals surface area (Å²) in [6.45, 7) is 3.95. The van der Waals surface area contributed by atoms with E-state index in [9.17, 15) is 4.21 Å². The second-order valence-corrected chi connectivity index (χ2v) is 6.39. The lowest BCUT2D eigenvalue weighted by Crippen LogP contribution is -2.03. The maximum Gasteiger partial charge on any atom is 0.0578 e. The molecule has 0 saturated heterocycles. The van der Waals surface area contributed by atoms with Crippen LogP contribution in [0, 0.1) is 13.8 Å². The van der Waals surface area contributed by atoms with Crippen LogP contribution in [0.4, 0.5) is 5.69 Å². The SMILES string of the molecule is Cc1ccc(C)c(S(=O)Cc2c(N)cccc2Cl)c1. The highest BCUT2D eigenvalue weighted by Crippen LogP contribution is 2.26. The highest BCUT2D eigenvalue weighted by atomic mass is 35.5. The van der Waals surface area contributed by atoms with Gasteiger partial charge in [0.25, 0.3) is 0 Å². The van der Waals surface area contributed by atoms with E-state index in [4.69, 9.17) is 17.3 Å². The van der Waals surface area contributed by atoms with Crippen molar-refractivity contribution in [3.63, 3.8) is 0 Å². The molecule has 0 amide bonds. The van der Waals surface area contributed by atoms with Crippen LogP contribution < -0.4 is 5.73 Å². The van der Waals surface area contributed by atoms with Crippen LogP contribution in [0.2, 0.25) is 5.02 Å². The van der Waals surface area contributed by atoms with Crippen LogP contribution in [-0.4, -0.2) is 4.21 Å². The molecule has 2 N–H and O–H groups in total. The lowest BCUT2D eigenvalue weighted by atomic mass is 10.2. The zero-order chi connectivity index (χ0) is 14.0. The van der Waals surface area contributed by atoms with Crippen LogP contribution >= 0.6 is 11.6 Å². The van der Waals surface area contributed by atoms with E-state index in [0.717, 1.165) is 21.6 Å². The number of hydrogen-bond acceptors (Lipinski definition) is 2. The van der Waals surface area contributed by atoms with E-state index < -0.39 is 10.8 Å². The van der Waals surface area contributed by atoms with Gasteiger partial charge in [-0.15, -0.1) is 0 Å². The van der Waals surface area contributed by atoms with Crippen LogP contribution in [-0.2, 0) is 16.6 Å². The van der Waals surface area contributed by atoms with Crippen molar-refractivity contribution in [2.45, 2.75) is 24.5 Å². The minimum absolute atomic E-state index is 0.343. The van der Waals surface area contributed by atoms with E-state index in [1.54, 1.807) is 18.2 Å². The molecule has 2 rings (SSSR count). The Hall–Kier alpha value is -1.32. The fourth-order valence-corrected chi connectivity index (χ4v) is 3.70. The number of rotatable bonds is 3. The summed E-state index contributed by atoms with van der Waals surface area (Å²) in [7, 11) is -1.14. The molecule has 0 aliphatic carbocycles. The van der Waals surface area contributed by atoms with E-state index in [-0.39, 0.29) is 0 Å². The fraction of sp³-hybridized carbons (Fsp3) is 0.200. The van der Waals surface area contributed by atoms with Gasteiger partial charge in [0.05, 0.1) is 16.6 Å². The van der Waals surface area contributed by atoms with Crippen molar-refractivity contribution in [3.05, 3.63) is 58.1 Å². The molecule has 0 aliphatic rings. The first-order chi connectivity index (χ1) is 8.99. The molecule has 2 aromatic rings. The van der Waals surface area contributed by atoms with Crippen LogP contribution in [0.3, 0.4) is 0 Å². The Balaban J connectivity index is 2.34. The van der Waals surface area contributed by atoms with Crippen molar-refractivity contribution in [2.75, 3.05) is 5.73 Å². The van der Waals surface area contributed by atoms with Gasteiger partial charge in [-0.3, -0.25) is 4.21 Å². The van der Waals surface area contributed by atoms with Gasteiger partial charge in [0.15, 0.2) is 0 Å². The smallest absolute Gasteiger partial charge is 0.0578 e. The zero-order valence-corrected chi connectivity index (χ0v) is 12.5. The summed E-state index contributed by atoms with van der Waals surface area (Å²) < 4.78 is 12.5. The van der Waals surface area contributed by atoms with Crippen LogP contribution in [0.15, 0.2) is 41.3 Å². The summed E-state index contributed by atoms with van der Waals surface area (Å²) >= 11 is 6.12. The predicted octanol–water partition coefficient (Wildman–Crippen LogP) is 3.85. The molecule has 4 heteroatoms. The summed E-state index contributed by atoms with van der Waals surface area (Å²) in [6.07, 6.45) is 0. The molecular formula is C15H16ClNOS. The standard InChI is InChI=1S/C15H16ClNOS/c1-10-6-7-11(2)15(8-10)19(18)9-12-13(16)4-3-5-14(12)17/h3-8H,9,17H2,1-2H3. The van der Waals surface area contributed by atoms with Gasteiger partial charge in [-0.1, -0.05) is 29.8 Å². The van der Waals surface area contributed by atoms with Crippen molar-refractivity contribution in [3.8, 4) is 0 Å². The predicted molar refractivity (Wildman–Crippen MR) is 81.9 cm³/mol. The third-order valence-electron chi connectivity index (χ3n) is 3.02. The number of nitrogens with two attached hydrogens (primary N) is 1. The van der Waals surface area contributed by atoms with Gasteiger partial charge >= 0.3 is 0 Å². The first-order valence-electron chi connectivity index (χ1n) is 5.97. The Morgan fingerprint density at radius 3 is 2.63 bits per heavy atom. The van der Waals surface area contributed by atoms with Crippen LogP contribution in [0.5, 0.6) is 0 Å². The molecule has 0 bridgehead atoms. The number of nitrogen functional groups attached to an aromatic ring is 1. The third kappa shape index (κ3) is 3.17. The lowest BCUT2D eigenvalue weighted by Gasteiger charge is -2.10. The Bertz CT molecular complexity index is 620. The lowest BCUT2D eigenvalue weighted by molar-refractivity contribution is 0.682. The normalized spacial score (nSPS) is 12.4. The molecule has 0 heterocycles. The second kappa shape index (κ2) is 5.76. The van der Waals surface area contributed by atoms with Crippen molar-refractivity contribution < 1.29 is 4.21 Å². The Kier molecular flexibility index (Phi) is 4.27. The molecule has 0 fully saturated rings. The summed E-state index contributed by atoms with van der Waals surface area (Å²) in [4.78, 5) is 0.847. The highest BCUT2D eigenvalue weighted by molar-refractivity contribution is 7.84. The van der Waals surface area contributed by atoms with Crippen molar-refractivity contribution in [1.29, 1.82) is 0 Å². The van der Waals surface area contributed by atoms with E-state index in [1.165, 1.54) is 0 Å². The number of benzene rings is 2. The largest absolute Gasteiger partial charge is 0.398 e. The average molecular weight is 294 g/mol. The summed E-state index contributed by atoms with van der Waals surface area (Å²) in [5, 5.41) is 0.568. The third-order valence-corrected chi connectivity index (χ3v) is 4.85. The van der Waals surface area contributed by atoms with E-state index in [0.29, 0.717) is 16.5 Å². The second-order valence-electron chi connectivity index (χ2n) is 4.57. The average Bonchev–Trinajstić information content (AvgIpc) is 2.37. The molecule has 2 nitrogen and oxygen atoms in total. The van der Waals surface area contributed by atoms with Crippen molar-refractivity contribution in [1.82, 2.24) is 0 Å². The Morgan fingerprint density at radius 2 is 1.95 bits per heavy atom. The molecule has 2 aromatic carbocycles. The number of hydrogen-bond donors (Lipinski definition) is 1. The molecule has 0 radical (unpaired) electrons.